The van der Waals surface area contributed by atoms with Gasteiger partial charge in [0.05, 0.1) is 26.4 Å². The molecule has 7 nitrogen and oxygen atoms in total. The highest BCUT2D eigenvalue weighted by molar-refractivity contribution is 14.0. The Morgan fingerprint density at radius 2 is 2.00 bits per heavy atom. The summed E-state index contributed by atoms with van der Waals surface area (Å²) in [5.41, 5.74) is 1.06. The van der Waals surface area contributed by atoms with Gasteiger partial charge in [0.2, 0.25) is 0 Å². The number of aliphatic imine (C=N–C) groups is 1. The number of rotatable bonds is 7. The van der Waals surface area contributed by atoms with Gasteiger partial charge >= 0.3 is 0 Å². The highest BCUT2D eigenvalue weighted by Crippen LogP contribution is 2.32. The molecule has 1 unspecified atom stereocenters. The van der Waals surface area contributed by atoms with E-state index in [4.69, 9.17) is 19.2 Å². The number of aliphatic hydroxyl groups excluding tert-OH is 1. The van der Waals surface area contributed by atoms with Crippen molar-refractivity contribution in [3.63, 3.8) is 0 Å². The Morgan fingerprint density at radius 3 is 2.71 bits per heavy atom. The molecule has 0 radical (unpaired) electrons. The lowest BCUT2D eigenvalue weighted by atomic mass is 9.84. The number of halogens is 1. The molecule has 1 atom stereocenters. The monoisotopic (exact) mass is 505 g/mol. The largest absolute Gasteiger partial charge is 0.490 e. The molecule has 0 aromatic heterocycles. The van der Waals surface area contributed by atoms with E-state index in [2.05, 4.69) is 10.6 Å². The Labute approximate surface area is 184 Å². The number of hydrogen-bond acceptors (Lipinski definition) is 5. The lowest BCUT2D eigenvalue weighted by Crippen LogP contribution is -2.44. The van der Waals surface area contributed by atoms with E-state index in [-0.39, 0.29) is 36.0 Å². The zero-order valence-electron chi connectivity index (χ0n) is 16.5. The fraction of sp³-hybridized carbons (Fsp3) is 0.650. The molecule has 158 valence electrons. The maximum absolute atomic E-state index is 9.38. The van der Waals surface area contributed by atoms with E-state index in [0.717, 1.165) is 62.0 Å². The first-order valence-electron chi connectivity index (χ1n) is 9.84. The van der Waals surface area contributed by atoms with Crippen molar-refractivity contribution in [2.24, 2.45) is 10.4 Å². The van der Waals surface area contributed by atoms with E-state index in [0.29, 0.717) is 26.4 Å². The molecule has 0 amide bonds. The summed E-state index contributed by atoms with van der Waals surface area (Å²) in [6, 6.07) is 5.99. The predicted octanol–water partition coefficient (Wildman–Crippen LogP) is 2.31. The Balaban J connectivity index is 0.00000280. The molecule has 28 heavy (non-hydrogen) atoms. The SMILES string of the molecule is CCNC(=NCc1ccc2c(c1)OCCCO2)NCC1(CCO)CCOC1.I. The van der Waals surface area contributed by atoms with Gasteiger partial charge in [0.15, 0.2) is 17.5 Å². The van der Waals surface area contributed by atoms with Gasteiger partial charge in [-0.25, -0.2) is 4.99 Å². The molecule has 3 rings (SSSR count). The topological polar surface area (TPSA) is 84.3 Å². The highest BCUT2D eigenvalue weighted by Gasteiger charge is 2.34. The molecular weight excluding hydrogens is 473 g/mol. The van der Waals surface area contributed by atoms with Crippen molar-refractivity contribution >= 4 is 29.9 Å². The van der Waals surface area contributed by atoms with Gasteiger partial charge in [-0.1, -0.05) is 6.07 Å². The molecule has 1 aromatic rings. The molecule has 1 aromatic carbocycles. The van der Waals surface area contributed by atoms with Crippen LogP contribution in [0.15, 0.2) is 23.2 Å². The summed E-state index contributed by atoms with van der Waals surface area (Å²) in [4.78, 5) is 4.70. The van der Waals surface area contributed by atoms with E-state index in [1.54, 1.807) is 0 Å². The minimum atomic E-state index is -0.0137. The van der Waals surface area contributed by atoms with Gasteiger partial charge in [0.25, 0.3) is 0 Å². The van der Waals surface area contributed by atoms with Gasteiger partial charge in [0.1, 0.15) is 0 Å². The maximum Gasteiger partial charge on any atom is 0.191 e. The van der Waals surface area contributed by atoms with Gasteiger partial charge in [-0.3, -0.25) is 0 Å². The summed E-state index contributed by atoms with van der Waals surface area (Å²) in [5.74, 6) is 2.37. The molecule has 0 bridgehead atoms. The smallest absolute Gasteiger partial charge is 0.191 e. The fourth-order valence-corrected chi connectivity index (χ4v) is 3.40. The van der Waals surface area contributed by atoms with E-state index in [9.17, 15) is 5.11 Å². The number of aliphatic hydroxyl groups is 1. The number of ether oxygens (including phenoxy) is 3. The van der Waals surface area contributed by atoms with Crippen LogP contribution in [-0.2, 0) is 11.3 Å². The number of hydrogen-bond donors (Lipinski definition) is 3. The molecule has 3 N–H and O–H groups in total. The molecule has 2 aliphatic heterocycles. The number of fused-ring (bicyclic) bond motifs is 1. The number of nitrogens with one attached hydrogen (secondary N) is 2. The summed E-state index contributed by atoms with van der Waals surface area (Å²) < 4.78 is 17.0. The molecule has 0 spiro atoms. The first-order valence-corrected chi connectivity index (χ1v) is 9.84. The average molecular weight is 505 g/mol. The van der Waals surface area contributed by atoms with Crippen LogP contribution in [0.1, 0.15) is 31.7 Å². The second-order valence-corrected chi connectivity index (χ2v) is 7.16. The zero-order valence-corrected chi connectivity index (χ0v) is 18.9. The average Bonchev–Trinajstić information content (AvgIpc) is 3.01. The molecular formula is C20H32IN3O4. The molecule has 0 saturated carbocycles. The second kappa shape index (κ2) is 11.7. The van der Waals surface area contributed by atoms with Crippen LogP contribution in [0.3, 0.4) is 0 Å². The van der Waals surface area contributed by atoms with Gasteiger partial charge < -0.3 is 30.0 Å². The summed E-state index contributed by atoms with van der Waals surface area (Å²) in [6.45, 7) is 7.11. The normalized spacial score (nSPS) is 21.6. The summed E-state index contributed by atoms with van der Waals surface area (Å²) in [7, 11) is 0. The lowest BCUT2D eigenvalue weighted by molar-refractivity contribution is 0.127. The van der Waals surface area contributed by atoms with Gasteiger partial charge in [0, 0.05) is 38.1 Å². The van der Waals surface area contributed by atoms with Crippen molar-refractivity contribution in [1.82, 2.24) is 10.6 Å². The zero-order chi connectivity index (χ0) is 19.0. The van der Waals surface area contributed by atoms with Crippen molar-refractivity contribution in [3.8, 4) is 11.5 Å². The van der Waals surface area contributed by atoms with Crippen LogP contribution in [-0.4, -0.2) is 57.2 Å². The van der Waals surface area contributed by atoms with Crippen LogP contribution < -0.4 is 20.1 Å². The third-order valence-corrected chi connectivity index (χ3v) is 5.03. The van der Waals surface area contributed by atoms with Crippen LogP contribution in [0, 0.1) is 5.41 Å². The minimum Gasteiger partial charge on any atom is -0.490 e. The van der Waals surface area contributed by atoms with Crippen molar-refractivity contribution < 1.29 is 19.3 Å². The first kappa shape index (κ1) is 23.0. The Hall–Kier alpha value is -1.26. The van der Waals surface area contributed by atoms with Crippen LogP contribution in [0.25, 0.3) is 0 Å². The third-order valence-electron chi connectivity index (χ3n) is 5.03. The van der Waals surface area contributed by atoms with Crippen LogP contribution in [0.2, 0.25) is 0 Å². The maximum atomic E-state index is 9.38. The number of benzene rings is 1. The quantitative estimate of drug-likeness (QED) is 0.300. The van der Waals surface area contributed by atoms with E-state index >= 15 is 0 Å². The standard InChI is InChI=1S/C20H31N3O4.HI/c1-2-21-19(23-14-20(6-8-24)7-11-25-15-20)22-13-16-4-5-17-18(12-16)27-10-3-9-26-17;/h4-5,12,24H,2-3,6-11,13-15H2,1H3,(H2,21,22,23);1H. The molecule has 0 aliphatic carbocycles. The van der Waals surface area contributed by atoms with Crippen molar-refractivity contribution in [1.29, 1.82) is 0 Å². The van der Waals surface area contributed by atoms with Crippen LogP contribution in [0.4, 0.5) is 0 Å². The summed E-state index contributed by atoms with van der Waals surface area (Å²) in [5, 5.41) is 16.1. The van der Waals surface area contributed by atoms with Gasteiger partial charge in [-0.05, 0) is 37.5 Å². The van der Waals surface area contributed by atoms with Crippen LogP contribution in [0.5, 0.6) is 11.5 Å². The van der Waals surface area contributed by atoms with Gasteiger partial charge in [-0.2, -0.15) is 0 Å². The van der Waals surface area contributed by atoms with Crippen molar-refractivity contribution in [3.05, 3.63) is 23.8 Å². The molecule has 2 aliphatic rings. The first-order chi connectivity index (χ1) is 13.2. The molecule has 2 heterocycles. The summed E-state index contributed by atoms with van der Waals surface area (Å²) >= 11 is 0. The van der Waals surface area contributed by atoms with E-state index in [1.807, 2.05) is 25.1 Å². The van der Waals surface area contributed by atoms with Crippen LogP contribution >= 0.6 is 24.0 Å². The fourth-order valence-electron chi connectivity index (χ4n) is 3.40. The highest BCUT2D eigenvalue weighted by atomic mass is 127. The van der Waals surface area contributed by atoms with E-state index < -0.39 is 0 Å². The number of guanidine groups is 1. The Morgan fingerprint density at radius 1 is 1.18 bits per heavy atom. The summed E-state index contributed by atoms with van der Waals surface area (Å²) in [6.07, 6.45) is 2.60. The predicted molar refractivity (Wildman–Crippen MR) is 120 cm³/mol. The van der Waals surface area contributed by atoms with Crippen molar-refractivity contribution in [2.45, 2.75) is 32.7 Å². The molecule has 1 fully saturated rings. The van der Waals surface area contributed by atoms with E-state index in [1.165, 1.54) is 0 Å². The van der Waals surface area contributed by atoms with Gasteiger partial charge in [-0.15, -0.1) is 24.0 Å². The Kier molecular flexibility index (Phi) is 9.60. The molecule has 8 heteroatoms. The third kappa shape index (κ3) is 6.38. The molecule has 1 saturated heterocycles. The number of nitrogens with zero attached hydrogens (tertiary/aromatic N) is 1. The Bertz CT molecular complexity index is 636. The lowest BCUT2D eigenvalue weighted by Gasteiger charge is -2.27. The minimum absolute atomic E-state index is 0. The van der Waals surface area contributed by atoms with Crippen molar-refractivity contribution in [2.75, 3.05) is 46.1 Å². The second-order valence-electron chi connectivity index (χ2n) is 7.16.